The van der Waals surface area contributed by atoms with E-state index < -0.39 is 6.61 Å². The third-order valence-electron chi connectivity index (χ3n) is 4.91. The molecule has 30 heavy (non-hydrogen) atoms. The topological polar surface area (TPSA) is 48.9 Å². The molecule has 1 fully saturated rings. The molecule has 2 aromatic carbocycles. The molecule has 0 spiro atoms. The minimum atomic E-state index is -2.85. The maximum absolute atomic E-state index is 12.6. The molecule has 0 aromatic heterocycles. The van der Waals surface area contributed by atoms with Crippen molar-refractivity contribution in [2.75, 3.05) is 31.1 Å². The summed E-state index contributed by atoms with van der Waals surface area (Å²) in [6, 6.07) is 17.2. The highest BCUT2D eigenvalue weighted by Gasteiger charge is 2.22. The molecule has 1 atom stereocenters. The molecule has 1 saturated heterocycles. The summed E-state index contributed by atoms with van der Waals surface area (Å²) in [6.45, 7) is 2.99. The van der Waals surface area contributed by atoms with Gasteiger partial charge in [0.25, 0.3) is 0 Å². The van der Waals surface area contributed by atoms with Crippen molar-refractivity contribution in [1.82, 2.24) is 10.6 Å². The van der Waals surface area contributed by atoms with Crippen LogP contribution in [0.25, 0.3) is 0 Å². The van der Waals surface area contributed by atoms with Crippen LogP contribution < -0.4 is 20.3 Å². The van der Waals surface area contributed by atoms with Gasteiger partial charge in [-0.1, -0.05) is 36.4 Å². The van der Waals surface area contributed by atoms with Gasteiger partial charge in [0.05, 0.1) is 6.54 Å². The van der Waals surface area contributed by atoms with Gasteiger partial charge >= 0.3 is 6.61 Å². The van der Waals surface area contributed by atoms with Crippen LogP contribution in [0, 0.1) is 5.92 Å². The zero-order valence-electron chi connectivity index (χ0n) is 17.1. The van der Waals surface area contributed by atoms with Crippen LogP contribution in [0.4, 0.5) is 14.5 Å². The largest absolute Gasteiger partial charge is 0.434 e. The lowest BCUT2D eigenvalue weighted by Crippen LogP contribution is -2.40. The van der Waals surface area contributed by atoms with Crippen molar-refractivity contribution in [2.24, 2.45) is 10.9 Å². The van der Waals surface area contributed by atoms with Crippen molar-refractivity contribution >= 4 is 35.6 Å². The molecule has 0 bridgehead atoms. The fraction of sp³-hybridized carbons (Fsp3) is 0.409. The highest BCUT2D eigenvalue weighted by molar-refractivity contribution is 14.0. The van der Waals surface area contributed by atoms with E-state index in [2.05, 4.69) is 49.5 Å². The van der Waals surface area contributed by atoms with Crippen LogP contribution in [-0.4, -0.2) is 38.8 Å². The van der Waals surface area contributed by atoms with E-state index in [4.69, 9.17) is 0 Å². The number of hydrogen-bond acceptors (Lipinski definition) is 3. The number of halogens is 3. The van der Waals surface area contributed by atoms with E-state index in [0.717, 1.165) is 32.6 Å². The Balaban J connectivity index is 0.00000320. The molecule has 0 aliphatic carbocycles. The fourth-order valence-corrected chi connectivity index (χ4v) is 3.46. The molecular weight excluding hydrogens is 501 g/mol. The lowest BCUT2D eigenvalue weighted by molar-refractivity contribution is -0.0504. The molecule has 3 rings (SSSR count). The van der Waals surface area contributed by atoms with E-state index in [0.29, 0.717) is 17.4 Å². The predicted octanol–water partition coefficient (Wildman–Crippen LogP) is 4.49. The Hall–Kier alpha value is -2.10. The predicted molar refractivity (Wildman–Crippen MR) is 128 cm³/mol. The Morgan fingerprint density at radius 2 is 1.87 bits per heavy atom. The number of nitrogens with zero attached hydrogens (tertiary/aromatic N) is 2. The highest BCUT2D eigenvalue weighted by atomic mass is 127. The zero-order valence-corrected chi connectivity index (χ0v) is 19.4. The Labute approximate surface area is 193 Å². The molecule has 2 aromatic rings. The fourth-order valence-electron chi connectivity index (χ4n) is 3.46. The molecule has 0 amide bonds. The molecule has 0 saturated carbocycles. The Morgan fingerprint density at radius 3 is 2.60 bits per heavy atom. The van der Waals surface area contributed by atoms with Crippen LogP contribution in [0.15, 0.2) is 59.6 Å². The molecule has 164 valence electrons. The standard InChI is InChI=1S/C22H28F2N4O.HI/c1-2-25-22(27-15-18-8-6-7-11-20(18)29-21(23)24)26-14-17-12-13-28(16-17)19-9-4-3-5-10-19;/h3-11,17,21H,2,12-16H2,1H3,(H2,25,26,27);1H. The van der Waals surface area contributed by atoms with Crippen LogP contribution in [0.5, 0.6) is 5.75 Å². The van der Waals surface area contributed by atoms with Crippen molar-refractivity contribution in [1.29, 1.82) is 0 Å². The summed E-state index contributed by atoms with van der Waals surface area (Å²) < 4.78 is 29.7. The van der Waals surface area contributed by atoms with Crippen molar-refractivity contribution in [2.45, 2.75) is 26.5 Å². The number of anilines is 1. The van der Waals surface area contributed by atoms with Crippen molar-refractivity contribution < 1.29 is 13.5 Å². The van der Waals surface area contributed by atoms with Gasteiger partial charge in [0.15, 0.2) is 5.96 Å². The van der Waals surface area contributed by atoms with Gasteiger partial charge in [-0.05, 0) is 37.5 Å². The van der Waals surface area contributed by atoms with E-state index >= 15 is 0 Å². The highest BCUT2D eigenvalue weighted by Crippen LogP contribution is 2.23. The van der Waals surface area contributed by atoms with Crippen molar-refractivity contribution in [3.63, 3.8) is 0 Å². The number of aliphatic imine (C=N–C) groups is 1. The molecule has 1 heterocycles. The van der Waals surface area contributed by atoms with E-state index in [1.807, 2.05) is 13.0 Å². The minimum Gasteiger partial charge on any atom is -0.434 e. The van der Waals surface area contributed by atoms with Gasteiger partial charge in [0.2, 0.25) is 0 Å². The van der Waals surface area contributed by atoms with E-state index in [9.17, 15) is 8.78 Å². The number of nitrogens with one attached hydrogen (secondary N) is 2. The number of ether oxygens (including phenoxy) is 1. The monoisotopic (exact) mass is 530 g/mol. The minimum absolute atomic E-state index is 0. The van der Waals surface area contributed by atoms with Gasteiger partial charge in [-0.3, -0.25) is 0 Å². The SMILES string of the molecule is CCNC(=NCc1ccccc1OC(F)F)NCC1CCN(c2ccccc2)C1.I. The summed E-state index contributed by atoms with van der Waals surface area (Å²) in [6.07, 6.45) is 1.12. The van der Waals surface area contributed by atoms with E-state index in [1.54, 1.807) is 18.2 Å². The summed E-state index contributed by atoms with van der Waals surface area (Å²) >= 11 is 0. The number of hydrogen-bond donors (Lipinski definition) is 2. The third kappa shape index (κ3) is 7.30. The van der Waals surface area contributed by atoms with Crippen LogP contribution in [-0.2, 0) is 6.54 Å². The Morgan fingerprint density at radius 1 is 1.13 bits per heavy atom. The van der Waals surface area contributed by atoms with Crippen LogP contribution in [0.1, 0.15) is 18.9 Å². The van der Waals surface area contributed by atoms with E-state index in [-0.39, 0.29) is 36.3 Å². The summed E-state index contributed by atoms with van der Waals surface area (Å²) in [5, 5.41) is 6.60. The van der Waals surface area contributed by atoms with Crippen molar-refractivity contribution in [3.8, 4) is 5.75 Å². The lowest BCUT2D eigenvalue weighted by atomic mass is 10.1. The maximum atomic E-state index is 12.6. The van der Waals surface area contributed by atoms with Gasteiger partial charge in [-0.15, -0.1) is 24.0 Å². The van der Waals surface area contributed by atoms with E-state index in [1.165, 1.54) is 11.8 Å². The second kappa shape index (κ2) is 12.6. The average molecular weight is 530 g/mol. The molecule has 8 heteroatoms. The Kier molecular flexibility index (Phi) is 10.1. The maximum Gasteiger partial charge on any atom is 0.387 e. The molecule has 2 N–H and O–H groups in total. The number of alkyl halides is 2. The van der Waals surface area contributed by atoms with Crippen molar-refractivity contribution in [3.05, 3.63) is 60.2 Å². The molecular formula is C22H29F2IN4O. The summed E-state index contributed by atoms with van der Waals surface area (Å²) in [5.41, 5.74) is 1.88. The average Bonchev–Trinajstić information content (AvgIpc) is 3.20. The number of rotatable bonds is 8. The first-order valence-corrected chi connectivity index (χ1v) is 10.0. The quantitative estimate of drug-likeness (QED) is 0.300. The molecule has 1 unspecified atom stereocenters. The summed E-state index contributed by atoms with van der Waals surface area (Å²) in [4.78, 5) is 6.94. The van der Waals surface area contributed by atoms with Gasteiger partial charge < -0.3 is 20.3 Å². The first-order valence-electron chi connectivity index (χ1n) is 10.0. The summed E-state index contributed by atoms with van der Waals surface area (Å²) in [7, 11) is 0. The smallest absolute Gasteiger partial charge is 0.387 e. The van der Waals surface area contributed by atoms with Gasteiger partial charge in [0, 0.05) is 37.4 Å². The van der Waals surface area contributed by atoms with Gasteiger partial charge in [-0.2, -0.15) is 8.78 Å². The van der Waals surface area contributed by atoms with Gasteiger partial charge in [-0.25, -0.2) is 4.99 Å². The second-order valence-electron chi connectivity index (χ2n) is 7.00. The summed E-state index contributed by atoms with van der Waals surface area (Å²) in [5.74, 6) is 1.36. The number of benzene rings is 2. The first-order chi connectivity index (χ1) is 14.2. The number of para-hydroxylation sites is 2. The molecule has 1 aliphatic heterocycles. The normalized spacial score (nSPS) is 16.3. The number of guanidine groups is 1. The second-order valence-corrected chi connectivity index (χ2v) is 7.00. The van der Waals surface area contributed by atoms with Crippen LogP contribution in [0.3, 0.4) is 0 Å². The molecule has 1 aliphatic rings. The molecule has 5 nitrogen and oxygen atoms in total. The zero-order chi connectivity index (χ0) is 20.5. The van der Waals surface area contributed by atoms with Gasteiger partial charge in [0.1, 0.15) is 5.75 Å². The van der Waals surface area contributed by atoms with Crippen LogP contribution in [0.2, 0.25) is 0 Å². The Bertz CT molecular complexity index is 792. The first kappa shape index (κ1) is 24.2. The lowest BCUT2D eigenvalue weighted by Gasteiger charge is -2.19. The molecule has 0 radical (unpaired) electrons. The van der Waals surface area contributed by atoms with Crippen LogP contribution >= 0.6 is 24.0 Å². The third-order valence-corrected chi connectivity index (χ3v) is 4.91.